The van der Waals surface area contributed by atoms with Gasteiger partial charge in [-0.05, 0) is 35.4 Å². The van der Waals surface area contributed by atoms with Crippen LogP contribution in [0.2, 0.25) is 0 Å². The van der Waals surface area contributed by atoms with Crippen LogP contribution < -0.4 is 4.18 Å². The Labute approximate surface area is 122 Å². The van der Waals surface area contributed by atoms with E-state index in [4.69, 9.17) is 9.71 Å². The summed E-state index contributed by atoms with van der Waals surface area (Å²) in [7, 11) is -3.57. The van der Waals surface area contributed by atoms with Gasteiger partial charge < -0.3 is 4.18 Å². The molecule has 0 radical (unpaired) electrons. The van der Waals surface area contributed by atoms with Crippen molar-refractivity contribution in [3.05, 3.63) is 65.5 Å². The Bertz CT molecular complexity index is 728. The van der Waals surface area contributed by atoms with Gasteiger partial charge in [0.1, 0.15) is 17.6 Å². The van der Waals surface area contributed by atoms with E-state index in [1.165, 1.54) is 24.3 Å². The van der Waals surface area contributed by atoms with Crippen molar-refractivity contribution in [2.24, 2.45) is 5.11 Å². The van der Waals surface area contributed by atoms with Crippen LogP contribution in [0.3, 0.4) is 0 Å². The third-order valence-corrected chi connectivity index (χ3v) is 3.25. The molecule has 1 N–H and O–H groups in total. The normalized spacial score (nSPS) is 12.7. The van der Waals surface area contributed by atoms with E-state index in [0.717, 1.165) is 6.26 Å². The number of benzene rings is 2. The number of hydrogen-bond donors (Lipinski definition) is 1. The van der Waals surface area contributed by atoms with Gasteiger partial charge in [-0.25, -0.2) is 9.92 Å². The zero-order valence-electron chi connectivity index (χ0n) is 11.2. The van der Waals surface area contributed by atoms with Gasteiger partial charge in [-0.1, -0.05) is 24.3 Å². The van der Waals surface area contributed by atoms with Gasteiger partial charge in [0.2, 0.25) is 0 Å². The molecule has 21 heavy (non-hydrogen) atoms. The first kappa shape index (κ1) is 15.1. The minimum atomic E-state index is -3.57. The zero-order chi connectivity index (χ0) is 15.5. The van der Waals surface area contributed by atoms with E-state index in [9.17, 15) is 12.8 Å². The summed E-state index contributed by atoms with van der Waals surface area (Å²) in [4.78, 5) is 0. The smallest absolute Gasteiger partial charge is 0.306 e. The summed E-state index contributed by atoms with van der Waals surface area (Å²) in [5.74, 6) is -0.177. The second-order valence-electron chi connectivity index (χ2n) is 4.44. The summed E-state index contributed by atoms with van der Waals surface area (Å²) in [5, 5.41) is 3.53. The van der Waals surface area contributed by atoms with Gasteiger partial charge in [0.05, 0.1) is 6.26 Å². The molecule has 0 amide bonds. The summed E-state index contributed by atoms with van der Waals surface area (Å²) in [5.41, 5.74) is 8.64. The third-order valence-electron chi connectivity index (χ3n) is 2.76. The van der Waals surface area contributed by atoms with Crippen molar-refractivity contribution in [3.8, 4) is 5.75 Å². The van der Waals surface area contributed by atoms with Crippen LogP contribution in [0.5, 0.6) is 5.75 Å². The van der Waals surface area contributed by atoms with E-state index in [0.29, 0.717) is 11.1 Å². The van der Waals surface area contributed by atoms with Crippen molar-refractivity contribution in [1.82, 2.24) is 0 Å². The quantitative estimate of drug-likeness (QED) is 0.680. The van der Waals surface area contributed by atoms with Crippen molar-refractivity contribution in [2.45, 2.75) is 6.04 Å². The van der Waals surface area contributed by atoms with Gasteiger partial charge in [0, 0.05) is 0 Å². The lowest BCUT2D eigenvalue weighted by atomic mass is 9.99. The highest BCUT2D eigenvalue weighted by Crippen LogP contribution is 2.27. The SMILES string of the molecule is CS(=O)(=O)Oc1ccc(C(N=N)c2ccc(F)cc2)cc1. The first-order chi connectivity index (χ1) is 9.89. The zero-order valence-corrected chi connectivity index (χ0v) is 12.0. The maximum atomic E-state index is 12.9. The Balaban J connectivity index is 2.27. The predicted molar refractivity (Wildman–Crippen MR) is 75.3 cm³/mol. The minimum absolute atomic E-state index is 0.184. The highest BCUT2D eigenvalue weighted by atomic mass is 32.2. The molecule has 0 aliphatic carbocycles. The molecule has 0 aromatic heterocycles. The molecule has 1 unspecified atom stereocenters. The van der Waals surface area contributed by atoms with Crippen LogP contribution in [-0.4, -0.2) is 14.7 Å². The molecule has 110 valence electrons. The van der Waals surface area contributed by atoms with E-state index in [2.05, 4.69) is 5.11 Å². The van der Waals surface area contributed by atoms with Crippen LogP contribution in [-0.2, 0) is 10.1 Å². The Morgan fingerprint density at radius 3 is 1.95 bits per heavy atom. The van der Waals surface area contributed by atoms with Crippen molar-refractivity contribution in [1.29, 1.82) is 5.53 Å². The average molecular weight is 308 g/mol. The number of hydrogen-bond acceptors (Lipinski definition) is 5. The topological polar surface area (TPSA) is 79.6 Å². The van der Waals surface area contributed by atoms with Crippen LogP contribution in [0.4, 0.5) is 4.39 Å². The molecule has 2 aromatic rings. The number of nitrogens with one attached hydrogen (secondary N) is 1. The van der Waals surface area contributed by atoms with E-state index in [1.54, 1.807) is 24.3 Å². The third kappa shape index (κ3) is 4.09. The monoisotopic (exact) mass is 308 g/mol. The lowest BCUT2D eigenvalue weighted by Crippen LogP contribution is -2.06. The fourth-order valence-corrected chi connectivity index (χ4v) is 2.33. The molecule has 0 aliphatic rings. The van der Waals surface area contributed by atoms with Gasteiger partial charge in [0.15, 0.2) is 0 Å². The Kier molecular flexibility index (Phi) is 4.32. The summed E-state index contributed by atoms with van der Waals surface area (Å²) in [6, 6.07) is 11.3. The second-order valence-corrected chi connectivity index (χ2v) is 6.01. The summed E-state index contributed by atoms with van der Waals surface area (Å²) >= 11 is 0. The van der Waals surface area contributed by atoms with Gasteiger partial charge in [0.25, 0.3) is 0 Å². The van der Waals surface area contributed by atoms with Gasteiger partial charge in [-0.3, -0.25) is 0 Å². The van der Waals surface area contributed by atoms with E-state index in [1.807, 2.05) is 0 Å². The van der Waals surface area contributed by atoms with Gasteiger partial charge in [-0.2, -0.15) is 13.5 Å². The first-order valence-electron chi connectivity index (χ1n) is 6.00. The molecular weight excluding hydrogens is 295 g/mol. The molecule has 0 fully saturated rings. The molecule has 0 heterocycles. The molecule has 2 rings (SSSR count). The van der Waals surface area contributed by atoms with Gasteiger partial charge in [-0.15, -0.1) is 0 Å². The lowest BCUT2D eigenvalue weighted by Gasteiger charge is -2.12. The van der Waals surface area contributed by atoms with Gasteiger partial charge >= 0.3 is 10.1 Å². The minimum Gasteiger partial charge on any atom is -0.383 e. The molecule has 0 aliphatic heterocycles. The Morgan fingerprint density at radius 2 is 1.52 bits per heavy atom. The molecule has 1 atom stereocenters. The molecular formula is C14H13FN2O3S. The summed E-state index contributed by atoms with van der Waals surface area (Å²) in [6.45, 7) is 0. The molecule has 2 aromatic carbocycles. The number of nitrogens with zero attached hydrogens (tertiary/aromatic N) is 1. The summed E-state index contributed by atoms with van der Waals surface area (Å²) in [6.07, 6.45) is 0.960. The predicted octanol–water partition coefficient (Wildman–Crippen LogP) is 3.28. The fraction of sp³-hybridized carbons (Fsp3) is 0.143. The van der Waals surface area contributed by atoms with E-state index < -0.39 is 16.2 Å². The Hall–Kier alpha value is -2.28. The Morgan fingerprint density at radius 1 is 1.05 bits per heavy atom. The average Bonchev–Trinajstić information content (AvgIpc) is 2.42. The number of halogens is 1. The first-order valence-corrected chi connectivity index (χ1v) is 7.82. The number of rotatable bonds is 5. The highest BCUT2D eigenvalue weighted by Gasteiger charge is 2.13. The molecule has 0 bridgehead atoms. The van der Waals surface area contributed by atoms with Crippen molar-refractivity contribution < 1.29 is 17.0 Å². The molecule has 5 nitrogen and oxygen atoms in total. The molecule has 0 saturated heterocycles. The van der Waals surface area contributed by atoms with Crippen molar-refractivity contribution in [2.75, 3.05) is 6.26 Å². The maximum absolute atomic E-state index is 12.9. The maximum Gasteiger partial charge on any atom is 0.306 e. The summed E-state index contributed by atoms with van der Waals surface area (Å²) < 4.78 is 39.7. The van der Waals surface area contributed by atoms with Crippen LogP contribution in [0.25, 0.3) is 0 Å². The second kappa shape index (κ2) is 6.01. The van der Waals surface area contributed by atoms with Crippen molar-refractivity contribution in [3.63, 3.8) is 0 Å². The van der Waals surface area contributed by atoms with Crippen LogP contribution in [0.15, 0.2) is 53.6 Å². The molecule has 0 spiro atoms. The lowest BCUT2D eigenvalue weighted by molar-refractivity contribution is 0.493. The highest BCUT2D eigenvalue weighted by molar-refractivity contribution is 7.86. The molecule has 7 heteroatoms. The largest absolute Gasteiger partial charge is 0.383 e. The van der Waals surface area contributed by atoms with Crippen molar-refractivity contribution >= 4 is 10.1 Å². The van der Waals surface area contributed by atoms with E-state index in [-0.39, 0.29) is 11.6 Å². The fourth-order valence-electron chi connectivity index (χ4n) is 1.87. The van der Waals surface area contributed by atoms with Crippen LogP contribution >= 0.6 is 0 Å². The van der Waals surface area contributed by atoms with Crippen LogP contribution in [0, 0.1) is 11.3 Å². The standard InChI is InChI=1S/C14H13FN2O3S/c1-21(18,19)20-13-8-4-11(5-9-13)14(17-16)10-2-6-12(15)7-3-10/h2-9,14,16H,1H3. The molecule has 0 saturated carbocycles. The van der Waals surface area contributed by atoms with E-state index >= 15 is 0 Å². The van der Waals surface area contributed by atoms with Crippen LogP contribution in [0.1, 0.15) is 17.2 Å².